The number of nitrogens with two attached hydrogens (primary N) is 1. The van der Waals surface area contributed by atoms with Gasteiger partial charge in [0.2, 0.25) is 5.91 Å². The van der Waals surface area contributed by atoms with E-state index in [1.807, 2.05) is 32.0 Å². The molecule has 21 heavy (non-hydrogen) atoms. The summed E-state index contributed by atoms with van der Waals surface area (Å²) in [6, 6.07) is 10.3. The van der Waals surface area contributed by atoms with Crippen molar-refractivity contribution in [2.75, 3.05) is 24.5 Å². The second kappa shape index (κ2) is 8.67. The van der Waals surface area contributed by atoms with Gasteiger partial charge in [-0.25, -0.2) is 0 Å². The van der Waals surface area contributed by atoms with Crippen LogP contribution in [0.2, 0.25) is 0 Å². The minimum Gasteiger partial charge on any atom is -0.372 e. The van der Waals surface area contributed by atoms with Gasteiger partial charge in [0.1, 0.15) is 0 Å². The van der Waals surface area contributed by atoms with Gasteiger partial charge >= 0.3 is 0 Å². The third-order valence-electron chi connectivity index (χ3n) is 4.11. The minimum absolute atomic E-state index is 0.0322. The number of hydrogen-bond acceptors (Lipinski definition) is 3. The molecule has 0 unspecified atom stereocenters. The number of amides is 1. The average Bonchev–Trinajstić information content (AvgIpc) is 2.54. The lowest BCUT2D eigenvalue weighted by molar-refractivity contribution is -0.126. The van der Waals surface area contributed by atoms with E-state index >= 15 is 0 Å². The largest absolute Gasteiger partial charge is 0.372 e. The number of anilines is 1. The first-order valence-corrected chi connectivity index (χ1v) is 7.94. The molecule has 1 aromatic rings. The first kappa shape index (κ1) is 17.5. The Labute approximate surface area is 128 Å². The maximum Gasteiger partial charge on any atom is 0.240 e. The molecule has 0 saturated carbocycles. The molecule has 0 fully saturated rings. The van der Waals surface area contributed by atoms with Crippen LogP contribution in [-0.4, -0.2) is 31.1 Å². The van der Waals surface area contributed by atoms with E-state index in [9.17, 15) is 4.79 Å². The highest BCUT2D eigenvalue weighted by molar-refractivity contribution is 5.85. The monoisotopic (exact) mass is 291 g/mol. The van der Waals surface area contributed by atoms with Crippen LogP contribution < -0.4 is 16.0 Å². The van der Waals surface area contributed by atoms with E-state index in [1.165, 1.54) is 5.69 Å². The van der Waals surface area contributed by atoms with Crippen LogP contribution in [0.3, 0.4) is 0 Å². The van der Waals surface area contributed by atoms with Crippen molar-refractivity contribution < 1.29 is 4.79 Å². The Morgan fingerprint density at radius 1 is 1.19 bits per heavy atom. The normalized spacial score (nSPS) is 11.2. The fourth-order valence-corrected chi connectivity index (χ4v) is 2.33. The molecule has 0 radical (unpaired) electrons. The molecule has 1 rings (SSSR count). The van der Waals surface area contributed by atoms with Gasteiger partial charge < -0.3 is 16.0 Å². The molecule has 1 aromatic carbocycles. The summed E-state index contributed by atoms with van der Waals surface area (Å²) < 4.78 is 0. The summed E-state index contributed by atoms with van der Waals surface area (Å²) in [6.07, 6.45) is 2.25. The zero-order chi connectivity index (χ0) is 15.7. The first-order chi connectivity index (χ1) is 10.1. The number of hydrogen-bond donors (Lipinski definition) is 2. The van der Waals surface area contributed by atoms with Gasteiger partial charge in [0, 0.05) is 25.3 Å². The van der Waals surface area contributed by atoms with Gasteiger partial charge in [-0.1, -0.05) is 32.0 Å². The number of rotatable bonds is 9. The Kier molecular flexibility index (Phi) is 7.23. The van der Waals surface area contributed by atoms with E-state index in [1.54, 1.807) is 0 Å². The van der Waals surface area contributed by atoms with Gasteiger partial charge in [-0.15, -0.1) is 0 Å². The van der Waals surface area contributed by atoms with E-state index in [2.05, 4.69) is 29.3 Å². The SMILES string of the molecule is CCN(CCCNC(=O)C(N)(CC)CC)c1ccccc1. The minimum atomic E-state index is -0.718. The molecule has 0 heterocycles. The Morgan fingerprint density at radius 2 is 1.81 bits per heavy atom. The van der Waals surface area contributed by atoms with Crippen LogP contribution >= 0.6 is 0 Å². The van der Waals surface area contributed by atoms with Crippen molar-refractivity contribution in [3.8, 4) is 0 Å². The first-order valence-electron chi connectivity index (χ1n) is 7.94. The number of nitrogens with one attached hydrogen (secondary N) is 1. The Balaban J connectivity index is 2.38. The molecule has 0 aliphatic heterocycles. The highest BCUT2D eigenvalue weighted by Gasteiger charge is 2.29. The molecule has 0 saturated heterocycles. The molecule has 118 valence electrons. The van der Waals surface area contributed by atoms with Gasteiger partial charge in [0.15, 0.2) is 0 Å². The third-order valence-corrected chi connectivity index (χ3v) is 4.11. The molecule has 0 atom stereocenters. The smallest absolute Gasteiger partial charge is 0.240 e. The highest BCUT2D eigenvalue weighted by atomic mass is 16.2. The van der Waals surface area contributed by atoms with Gasteiger partial charge in [-0.3, -0.25) is 4.79 Å². The summed E-state index contributed by atoms with van der Waals surface area (Å²) in [5, 5.41) is 2.97. The summed E-state index contributed by atoms with van der Waals surface area (Å²) in [7, 11) is 0. The molecule has 4 nitrogen and oxygen atoms in total. The van der Waals surface area contributed by atoms with Crippen molar-refractivity contribution in [2.24, 2.45) is 5.73 Å². The summed E-state index contributed by atoms with van der Waals surface area (Å²) in [4.78, 5) is 14.4. The van der Waals surface area contributed by atoms with Crippen LogP contribution in [0, 0.1) is 0 Å². The zero-order valence-electron chi connectivity index (χ0n) is 13.6. The van der Waals surface area contributed by atoms with Gasteiger partial charge in [0.25, 0.3) is 0 Å². The van der Waals surface area contributed by atoms with E-state index < -0.39 is 5.54 Å². The average molecular weight is 291 g/mol. The van der Waals surface area contributed by atoms with Gasteiger partial charge in [0.05, 0.1) is 5.54 Å². The van der Waals surface area contributed by atoms with Crippen LogP contribution in [0.25, 0.3) is 0 Å². The Bertz CT molecular complexity index is 415. The van der Waals surface area contributed by atoms with E-state index in [-0.39, 0.29) is 5.91 Å². The summed E-state index contributed by atoms with van der Waals surface area (Å²) in [6.45, 7) is 8.61. The molecule has 0 bridgehead atoms. The van der Waals surface area contributed by atoms with Crippen LogP contribution in [0.1, 0.15) is 40.0 Å². The number of carbonyl (C=O) groups excluding carboxylic acids is 1. The Morgan fingerprint density at radius 3 is 2.33 bits per heavy atom. The fraction of sp³-hybridized carbons (Fsp3) is 0.588. The quantitative estimate of drug-likeness (QED) is 0.687. The zero-order valence-corrected chi connectivity index (χ0v) is 13.6. The molecule has 4 heteroatoms. The summed E-state index contributed by atoms with van der Waals surface area (Å²) in [5.41, 5.74) is 6.58. The van der Waals surface area contributed by atoms with E-state index in [4.69, 9.17) is 5.73 Å². The Hall–Kier alpha value is -1.55. The predicted octanol–water partition coefficient (Wildman–Crippen LogP) is 2.54. The van der Waals surface area contributed by atoms with Crippen LogP contribution in [0.5, 0.6) is 0 Å². The van der Waals surface area contributed by atoms with Crippen molar-refractivity contribution in [2.45, 2.75) is 45.6 Å². The molecule has 0 spiro atoms. The molecule has 0 aliphatic carbocycles. The number of carbonyl (C=O) groups is 1. The molecular formula is C17H29N3O. The second-order valence-electron chi connectivity index (χ2n) is 5.39. The number of benzene rings is 1. The maximum absolute atomic E-state index is 12.1. The number of nitrogens with zero attached hydrogens (tertiary/aromatic N) is 1. The molecule has 3 N–H and O–H groups in total. The second-order valence-corrected chi connectivity index (χ2v) is 5.39. The van der Waals surface area contributed by atoms with Gasteiger partial charge in [-0.05, 0) is 38.3 Å². The lowest BCUT2D eigenvalue weighted by Crippen LogP contribution is -2.53. The van der Waals surface area contributed by atoms with Crippen LogP contribution in [-0.2, 0) is 4.79 Å². The third kappa shape index (κ3) is 5.05. The van der Waals surface area contributed by atoms with Crippen molar-refractivity contribution in [1.82, 2.24) is 5.32 Å². The van der Waals surface area contributed by atoms with Crippen molar-refractivity contribution in [3.05, 3.63) is 30.3 Å². The van der Waals surface area contributed by atoms with Crippen LogP contribution in [0.4, 0.5) is 5.69 Å². The summed E-state index contributed by atoms with van der Waals surface area (Å²) in [5.74, 6) is -0.0322. The molecule has 0 aromatic heterocycles. The molecule has 1 amide bonds. The predicted molar refractivity (Wildman–Crippen MR) is 89.5 cm³/mol. The van der Waals surface area contributed by atoms with Gasteiger partial charge in [-0.2, -0.15) is 0 Å². The lowest BCUT2D eigenvalue weighted by atomic mass is 9.93. The van der Waals surface area contributed by atoms with E-state index in [0.29, 0.717) is 19.4 Å². The fourth-order valence-electron chi connectivity index (χ4n) is 2.33. The van der Waals surface area contributed by atoms with Crippen LogP contribution in [0.15, 0.2) is 30.3 Å². The maximum atomic E-state index is 12.1. The van der Waals surface area contributed by atoms with Crippen molar-refractivity contribution in [1.29, 1.82) is 0 Å². The van der Waals surface area contributed by atoms with Crippen molar-refractivity contribution in [3.63, 3.8) is 0 Å². The standard InChI is InChI=1S/C17H29N3O/c1-4-17(18,5-2)16(21)19-13-10-14-20(6-3)15-11-8-7-9-12-15/h7-9,11-12H,4-6,10,13-14,18H2,1-3H3,(H,19,21). The lowest BCUT2D eigenvalue weighted by Gasteiger charge is -2.26. The number of para-hydroxylation sites is 1. The van der Waals surface area contributed by atoms with Crippen molar-refractivity contribution >= 4 is 11.6 Å². The highest BCUT2D eigenvalue weighted by Crippen LogP contribution is 2.13. The van der Waals surface area contributed by atoms with E-state index in [0.717, 1.165) is 19.5 Å². The molecular weight excluding hydrogens is 262 g/mol. The summed E-state index contributed by atoms with van der Waals surface area (Å²) >= 11 is 0. The molecule has 0 aliphatic rings. The topological polar surface area (TPSA) is 58.4 Å².